The zero-order valence-corrected chi connectivity index (χ0v) is 13.2. The molecule has 0 bridgehead atoms. The molecule has 2 aromatic rings. The first kappa shape index (κ1) is 14.3. The number of aromatic nitrogens is 3. The average molecular weight is 284 g/mol. The zero-order valence-electron chi connectivity index (χ0n) is 13.2. The quantitative estimate of drug-likeness (QED) is 0.886. The van der Waals surface area contributed by atoms with E-state index in [1.807, 2.05) is 11.6 Å². The molecule has 21 heavy (non-hydrogen) atoms. The summed E-state index contributed by atoms with van der Waals surface area (Å²) in [7, 11) is 0. The number of nitrogens with one attached hydrogen (secondary N) is 1. The fourth-order valence-electron chi connectivity index (χ4n) is 2.64. The number of aryl methyl sites for hydroxylation is 3. The molecule has 3 rings (SSSR count). The highest BCUT2D eigenvalue weighted by Crippen LogP contribution is 2.20. The Bertz CT molecular complexity index is 626. The Labute approximate surface area is 126 Å². The first-order valence-corrected chi connectivity index (χ1v) is 7.92. The number of rotatable bonds is 6. The molecule has 112 valence electrons. The van der Waals surface area contributed by atoms with Crippen LogP contribution >= 0.6 is 0 Å². The molecule has 0 spiro atoms. The molecule has 1 aliphatic rings. The maximum absolute atomic E-state index is 4.78. The minimum Gasteiger partial charge on any atom is -0.310 e. The third-order valence-electron chi connectivity index (χ3n) is 3.83. The monoisotopic (exact) mass is 284 g/mol. The maximum atomic E-state index is 4.78. The Morgan fingerprint density at radius 3 is 2.67 bits per heavy atom. The van der Waals surface area contributed by atoms with Gasteiger partial charge in [-0.05, 0) is 56.9 Å². The van der Waals surface area contributed by atoms with E-state index in [0.29, 0.717) is 0 Å². The lowest BCUT2D eigenvalue weighted by atomic mass is 10.1. The van der Waals surface area contributed by atoms with Gasteiger partial charge in [0.25, 0.3) is 0 Å². The van der Waals surface area contributed by atoms with Crippen LogP contribution < -0.4 is 5.32 Å². The first-order valence-electron chi connectivity index (χ1n) is 7.92. The Morgan fingerprint density at radius 2 is 2.05 bits per heavy atom. The Hall–Kier alpha value is -1.68. The smallest absolute Gasteiger partial charge is 0.154 e. The normalized spacial score (nSPS) is 14.6. The van der Waals surface area contributed by atoms with Crippen LogP contribution in [0.1, 0.15) is 48.8 Å². The second kappa shape index (κ2) is 5.98. The topological polar surface area (TPSA) is 42.7 Å². The van der Waals surface area contributed by atoms with E-state index in [2.05, 4.69) is 42.5 Å². The lowest BCUT2D eigenvalue weighted by Crippen LogP contribution is -2.16. The number of hydrogen-bond acceptors (Lipinski definition) is 3. The number of hydrogen-bond donors (Lipinski definition) is 1. The number of nitrogens with zero attached hydrogens (tertiary/aromatic N) is 3. The van der Waals surface area contributed by atoms with Crippen LogP contribution in [0.5, 0.6) is 0 Å². The van der Waals surface area contributed by atoms with Crippen LogP contribution in [-0.2, 0) is 13.0 Å². The van der Waals surface area contributed by atoms with E-state index >= 15 is 0 Å². The van der Waals surface area contributed by atoms with Gasteiger partial charge >= 0.3 is 0 Å². The highest BCUT2D eigenvalue weighted by molar-refractivity contribution is 5.33. The summed E-state index contributed by atoms with van der Waals surface area (Å²) in [5.41, 5.74) is 4.64. The van der Waals surface area contributed by atoms with Gasteiger partial charge in [-0.25, -0.2) is 9.67 Å². The van der Waals surface area contributed by atoms with Crippen molar-refractivity contribution in [3.8, 4) is 5.82 Å². The predicted octanol–water partition coefficient (Wildman–Crippen LogP) is 3.09. The second-order valence-electron chi connectivity index (χ2n) is 6.07. The summed E-state index contributed by atoms with van der Waals surface area (Å²) in [6, 6.07) is 7.21. The molecule has 1 aliphatic carbocycles. The minimum atomic E-state index is 0.727. The molecule has 1 fully saturated rings. The Balaban J connectivity index is 1.91. The molecule has 0 saturated heterocycles. The van der Waals surface area contributed by atoms with Crippen molar-refractivity contribution < 1.29 is 0 Å². The van der Waals surface area contributed by atoms with Crippen molar-refractivity contribution in [2.45, 2.75) is 59.0 Å². The van der Waals surface area contributed by atoms with Crippen LogP contribution in [0.25, 0.3) is 5.82 Å². The summed E-state index contributed by atoms with van der Waals surface area (Å²) in [5.74, 6) is 0.944. The molecule has 2 aromatic heterocycles. The third kappa shape index (κ3) is 3.50. The highest BCUT2D eigenvalue weighted by atomic mass is 15.3. The van der Waals surface area contributed by atoms with Crippen molar-refractivity contribution in [1.82, 2.24) is 20.1 Å². The molecular formula is C17H24N4. The van der Waals surface area contributed by atoms with Crippen LogP contribution in [-0.4, -0.2) is 20.8 Å². The molecule has 0 aliphatic heterocycles. The molecule has 4 nitrogen and oxygen atoms in total. The Morgan fingerprint density at radius 1 is 1.24 bits per heavy atom. The van der Waals surface area contributed by atoms with Crippen LogP contribution in [0.3, 0.4) is 0 Å². The fourth-order valence-corrected chi connectivity index (χ4v) is 2.64. The van der Waals surface area contributed by atoms with Gasteiger partial charge in [0.2, 0.25) is 0 Å². The van der Waals surface area contributed by atoms with Crippen molar-refractivity contribution in [3.05, 3.63) is 40.8 Å². The van der Waals surface area contributed by atoms with E-state index in [9.17, 15) is 0 Å². The third-order valence-corrected chi connectivity index (χ3v) is 3.83. The molecule has 4 heteroatoms. The molecule has 0 amide bonds. The van der Waals surface area contributed by atoms with Gasteiger partial charge in [0.1, 0.15) is 0 Å². The van der Waals surface area contributed by atoms with Crippen molar-refractivity contribution in [2.24, 2.45) is 0 Å². The molecule has 0 aromatic carbocycles. The summed E-state index contributed by atoms with van der Waals surface area (Å²) in [6.07, 6.45) is 4.76. The molecule has 2 heterocycles. The van der Waals surface area contributed by atoms with Crippen LogP contribution in [0, 0.1) is 13.8 Å². The van der Waals surface area contributed by atoms with Crippen molar-refractivity contribution in [1.29, 1.82) is 0 Å². The van der Waals surface area contributed by atoms with Gasteiger partial charge in [-0.1, -0.05) is 13.3 Å². The molecule has 1 N–H and O–H groups in total. The molecule has 0 radical (unpaired) electrons. The first-order chi connectivity index (χ1) is 10.2. The number of pyridine rings is 1. The van der Waals surface area contributed by atoms with Crippen molar-refractivity contribution in [3.63, 3.8) is 0 Å². The predicted molar refractivity (Wildman–Crippen MR) is 84.7 cm³/mol. The maximum Gasteiger partial charge on any atom is 0.154 e. The lowest BCUT2D eigenvalue weighted by Gasteiger charge is -2.10. The molecule has 0 unspecified atom stereocenters. The zero-order chi connectivity index (χ0) is 14.8. The van der Waals surface area contributed by atoms with E-state index in [1.54, 1.807) is 0 Å². The summed E-state index contributed by atoms with van der Waals surface area (Å²) >= 11 is 0. The van der Waals surface area contributed by atoms with Crippen molar-refractivity contribution >= 4 is 0 Å². The molecular weight excluding hydrogens is 260 g/mol. The van der Waals surface area contributed by atoms with Crippen LogP contribution in [0.15, 0.2) is 18.2 Å². The average Bonchev–Trinajstić information content (AvgIpc) is 3.21. The van der Waals surface area contributed by atoms with E-state index < -0.39 is 0 Å². The SMILES string of the molecule is CCCc1cc(CNC2CC2)cc(-n2nc(C)cc2C)n1. The largest absolute Gasteiger partial charge is 0.310 e. The highest BCUT2D eigenvalue weighted by Gasteiger charge is 2.20. The summed E-state index contributed by atoms with van der Waals surface area (Å²) < 4.78 is 1.95. The lowest BCUT2D eigenvalue weighted by molar-refractivity contribution is 0.682. The fraction of sp³-hybridized carbons (Fsp3) is 0.529. The van der Waals surface area contributed by atoms with E-state index in [1.165, 1.54) is 18.4 Å². The minimum absolute atomic E-state index is 0.727. The van der Waals surface area contributed by atoms with E-state index in [-0.39, 0.29) is 0 Å². The van der Waals surface area contributed by atoms with E-state index in [4.69, 9.17) is 4.98 Å². The Kier molecular flexibility index (Phi) is 4.06. The summed E-state index contributed by atoms with van der Waals surface area (Å²) in [5, 5.41) is 8.15. The van der Waals surface area contributed by atoms with Crippen LogP contribution in [0.4, 0.5) is 0 Å². The van der Waals surface area contributed by atoms with Gasteiger partial charge in [-0.15, -0.1) is 0 Å². The molecule has 0 atom stereocenters. The van der Waals surface area contributed by atoms with E-state index in [0.717, 1.165) is 48.3 Å². The van der Waals surface area contributed by atoms with Gasteiger partial charge < -0.3 is 5.32 Å². The van der Waals surface area contributed by atoms with Gasteiger partial charge in [0.05, 0.1) is 5.69 Å². The van der Waals surface area contributed by atoms with Crippen LogP contribution in [0.2, 0.25) is 0 Å². The van der Waals surface area contributed by atoms with Gasteiger partial charge in [-0.2, -0.15) is 5.10 Å². The van der Waals surface area contributed by atoms with Gasteiger partial charge in [0, 0.05) is 24.0 Å². The van der Waals surface area contributed by atoms with Gasteiger partial charge in [-0.3, -0.25) is 0 Å². The van der Waals surface area contributed by atoms with Gasteiger partial charge in [0.15, 0.2) is 5.82 Å². The van der Waals surface area contributed by atoms with Crippen molar-refractivity contribution in [2.75, 3.05) is 0 Å². The molecule has 1 saturated carbocycles. The summed E-state index contributed by atoms with van der Waals surface area (Å²) in [6.45, 7) is 7.22. The second-order valence-corrected chi connectivity index (χ2v) is 6.07. The summed E-state index contributed by atoms with van der Waals surface area (Å²) in [4.78, 5) is 4.78. The standard InChI is InChI=1S/C17H24N4/c1-4-5-16-9-14(11-18-15-6-7-15)10-17(19-16)21-13(3)8-12(2)20-21/h8-10,15,18H,4-7,11H2,1-3H3.